The van der Waals surface area contributed by atoms with E-state index < -0.39 is 5.60 Å². The van der Waals surface area contributed by atoms with E-state index in [1.165, 1.54) is 0 Å². The lowest BCUT2D eigenvalue weighted by molar-refractivity contribution is 0.0165. The summed E-state index contributed by atoms with van der Waals surface area (Å²) in [4.78, 5) is 13.8. The van der Waals surface area contributed by atoms with Crippen molar-refractivity contribution in [3.8, 4) is 11.8 Å². The van der Waals surface area contributed by atoms with Crippen molar-refractivity contribution in [2.75, 3.05) is 25.4 Å². The zero-order valence-corrected chi connectivity index (χ0v) is 14.5. The molecule has 1 aromatic carbocycles. The average Bonchev–Trinajstić information content (AvgIpc) is 2.52. The van der Waals surface area contributed by atoms with Gasteiger partial charge in [0.25, 0.3) is 0 Å². The van der Waals surface area contributed by atoms with Gasteiger partial charge in [0, 0.05) is 24.8 Å². The second kappa shape index (κ2) is 7.43. The summed E-state index contributed by atoms with van der Waals surface area (Å²) in [6.07, 6.45) is 1.44. The molecule has 0 atom stereocenters. The van der Waals surface area contributed by atoms with Gasteiger partial charge in [-0.2, -0.15) is 5.26 Å². The molecule has 6 nitrogen and oxygen atoms in total. The Morgan fingerprint density at radius 2 is 2.04 bits per heavy atom. The maximum atomic E-state index is 12.0. The van der Waals surface area contributed by atoms with Crippen LogP contribution in [0.2, 0.25) is 0 Å². The smallest absolute Gasteiger partial charge is 0.410 e. The van der Waals surface area contributed by atoms with E-state index in [2.05, 4.69) is 6.07 Å². The van der Waals surface area contributed by atoms with Gasteiger partial charge in [-0.1, -0.05) is 0 Å². The standard InChI is InChI=1S/C18H25N3O3/c1-18(2,3)24-17(22)21-8-6-13(7-9-21)12-23-16-10-15(20)5-4-14(16)11-19/h4-5,10,13H,6-9,12,20H2,1-3H3. The van der Waals surface area contributed by atoms with Crippen LogP contribution in [-0.2, 0) is 4.74 Å². The van der Waals surface area contributed by atoms with Gasteiger partial charge in [-0.25, -0.2) is 4.79 Å². The third-order valence-electron chi connectivity index (χ3n) is 3.87. The Morgan fingerprint density at radius 1 is 1.38 bits per heavy atom. The van der Waals surface area contributed by atoms with Gasteiger partial charge in [0.15, 0.2) is 0 Å². The monoisotopic (exact) mass is 331 g/mol. The molecule has 0 spiro atoms. The number of anilines is 1. The summed E-state index contributed by atoms with van der Waals surface area (Å²) in [6, 6.07) is 7.13. The van der Waals surface area contributed by atoms with Crippen LogP contribution >= 0.6 is 0 Å². The first-order valence-corrected chi connectivity index (χ1v) is 8.19. The van der Waals surface area contributed by atoms with Crippen LogP contribution in [0.4, 0.5) is 10.5 Å². The quantitative estimate of drug-likeness (QED) is 0.859. The predicted molar refractivity (Wildman–Crippen MR) is 91.6 cm³/mol. The third-order valence-corrected chi connectivity index (χ3v) is 3.87. The molecule has 6 heteroatoms. The van der Waals surface area contributed by atoms with E-state index in [9.17, 15) is 4.79 Å². The highest BCUT2D eigenvalue weighted by atomic mass is 16.6. The average molecular weight is 331 g/mol. The Hall–Kier alpha value is -2.42. The number of nitriles is 1. The third kappa shape index (κ3) is 5.05. The van der Waals surface area contributed by atoms with Crippen LogP contribution in [0, 0.1) is 17.2 Å². The number of piperidine rings is 1. The van der Waals surface area contributed by atoms with Crippen molar-refractivity contribution in [2.24, 2.45) is 5.92 Å². The summed E-state index contributed by atoms with van der Waals surface area (Å²) in [5.41, 5.74) is 6.33. The van der Waals surface area contributed by atoms with Crippen LogP contribution in [0.5, 0.6) is 5.75 Å². The molecular formula is C18H25N3O3. The van der Waals surface area contributed by atoms with Gasteiger partial charge < -0.3 is 20.1 Å². The van der Waals surface area contributed by atoms with E-state index in [4.69, 9.17) is 20.5 Å². The molecule has 24 heavy (non-hydrogen) atoms. The number of nitrogens with two attached hydrogens (primary N) is 1. The number of likely N-dealkylation sites (tertiary alicyclic amines) is 1. The Kier molecular flexibility index (Phi) is 5.55. The molecule has 2 rings (SSSR count). The summed E-state index contributed by atoms with van der Waals surface area (Å²) in [6.45, 7) is 7.42. The molecule has 1 fully saturated rings. The van der Waals surface area contributed by atoms with E-state index in [0.29, 0.717) is 42.6 Å². The van der Waals surface area contributed by atoms with E-state index in [0.717, 1.165) is 12.8 Å². The van der Waals surface area contributed by atoms with Gasteiger partial charge >= 0.3 is 6.09 Å². The highest BCUT2D eigenvalue weighted by Gasteiger charge is 2.27. The van der Waals surface area contributed by atoms with Crippen LogP contribution in [0.25, 0.3) is 0 Å². The van der Waals surface area contributed by atoms with E-state index in [1.807, 2.05) is 20.8 Å². The van der Waals surface area contributed by atoms with Crippen molar-refractivity contribution in [3.63, 3.8) is 0 Å². The van der Waals surface area contributed by atoms with Crippen molar-refractivity contribution in [2.45, 2.75) is 39.2 Å². The molecule has 0 aliphatic carbocycles. The first kappa shape index (κ1) is 17.9. The van der Waals surface area contributed by atoms with E-state index in [1.54, 1.807) is 23.1 Å². The Bertz CT molecular complexity index is 623. The minimum atomic E-state index is -0.474. The van der Waals surface area contributed by atoms with Crippen molar-refractivity contribution < 1.29 is 14.3 Å². The molecule has 1 amide bonds. The molecule has 1 aromatic rings. The summed E-state index contributed by atoms with van der Waals surface area (Å²) in [7, 11) is 0. The minimum Gasteiger partial charge on any atom is -0.492 e. The number of nitrogens with zero attached hydrogens (tertiary/aromatic N) is 2. The SMILES string of the molecule is CC(C)(C)OC(=O)N1CCC(COc2cc(N)ccc2C#N)CC1. The summed E-state index contributed by atoms with van der Waals surface area (Å²) < 4.78 is 11.2. The summed E-state index contributed by atoms with van der Waals surface area (Å²) in [5.74, 6) is 0.865. The Morgan fingerprint density at radius 3 is 2.62 bits per heavy atom. The fourth-order valence-electron chi connectivity index (χ4n) is 2.57. The lowest BCUT2D eigenvalue weighted by Crippen LogP contribution is -2.42. The maximum Gasteiger partial charge on any atom is 0.410 e. The number of nitrogen functional groups attached to an aromatic ring is 1. The summed E-state index contributed by atoms with van der Waals surface area (Å²) >= 11 is 0. The number of ether oxygens (including phenoxy) is 2. The Labute approximate surface area is 143 Å². The fraction of sp³-hybridized carbons (Fsp3) is 0.556. The lowest BCUT2D eigenvalue weighted by atomic mass is 9.98. The van der Waals surface area contributed by atoms with E-state index >= 15 is 0 Å². The second-order valence-corrected chi connectivity index (χ2v) is 7.09. The van der Waals surface area contributed by atoms with Crippen molar-refractivity contribution in [1.29, 1.82) is 5.26 Å². The van der Waals surface area contributed by atoms with Gasteiger partial charge in [-0.05, 0) is 51.7 Å². The molecule has 1 heterocycles. The molecular weight excluding hydrogens is 306 g/mol. The first-order chi connectivity index (χ1) is 11.3. The van der Waals surface area contributed by atoms with Crippen LogP contribution in [0.3, 0.4) is 0 Å². The molecule has 0 bridgehead atoms. The molecule has 1 aliphatic heterocycles. The lowest BCUT2D eigenvalue weighted by Gasteiger charge is -2.33. The van der Waals surface area contributed by atoms with Gasteiger partial charge in [0.1, 0.15) is 17.4 Å². The fourth-order valence-corrected chi connectivity index (χ4v) is 2.57. The topological polar surface area (TPSA) is 88.6 Å². The number of carbonyl (C=O) groups excluding carboxylic acids is 1. The van der Waals surface area contributed by atoms with Crippen molar-refractivity contribution in [1.82, 2.24) is 4.90 Å². The Balaban J connectivity index is 1.83. The van der Waals surface area contributed by atoms with Crippen LogP contribution in [-0.4, -0.2) is 36.3 Å². The molecule has 130 valence electrons. The molecule has 0 aromatic heterocycles. The molecule has 2 N–H and O–H groups in total. The molecule has 0 radical (unpaired) electrons. The molecule has 0 saturated carbocycles. The number of carbonyl (C=O) groups is 1. The van der Waals surface area contributed by atoms with Gasteiger partial charge in [-0.3, -0.25) is 0 Å². The van der Waals surface area contributed by atoms with Gasteiger partial charge in [-0.15, -0.1) is 0 Å². The summed E-state index contributed by atoms with van der Waals surface area (Å²) in [5, 5.41) is 9.11. The predicted octanol–water partition coefficient (Wildman–Crippen LogP) is 3.17. The zero-order chi connectivity index (χ0) is 17.7. The highest BCUT2D eigenvalue weighted by Crippen LogP contribution is 2.24. The number of amides is 1. The minimum absolute atomic E-state index is 0.260. The largest absolute Gasteiger partial charge is 0.492 e. The normalized spacial score (nSPS) is 15.7. The zero-order valence-electron chi connectivity index (χ0n) is 14.5. The van der Waals surface area contributed by atoms with Crippen molar-refractivity contribution in [3.05, 3.63) is 23.8 Å². The molecule has 0 unspecified atom stereocenters. The first-order valence-electron chi connectivity index (χ1n) is 8.19. The van der Waals surface area contributed by atoms with Crippen LogP contribution in [0.15, 0.2) is 18.2 Å². The number of benzene rings is 1. The van der Waals surface area contributed by atoms with Crippen LogP contribution in [0.1, 0.15) is 39.2 Å². The van der Waals surface area contributed by atoms with Crippen LogP contribution < -0.4 is 10.5 Å². The molecule has 1 aliphatic rings. The van der Waals surface area contributed by atoms with E-state index in [-0.39, 0.29) is 6.09 Å². The maximum absolute atomic E-state index is 12.0. The van der Waals surface area contributed by atoms with Gasteiger partial charge in [0.2, 0.25) is 0 Å². The number of rotatable bonds is 3. The highest BCUT2D eigenvalue weighted by molar-refractivity contribution is 5.68. The number of hydrogen-bond donors (Lipinski definition) is 1. The molecule has 1 saturated heterocycles. The van der Waals surface area contributed by atoms with Crippen molar-refractivity contribution >= 4 is 11.8 Å². The van der Waals surface area contributed by atoms with Gasteiger partial charge in [0.05, 0.1) is 12.2 Å². The number of hydrogen-bond acceptors (Lipinski definition) is 5. The second-order valence-electron chi connectivity index (χ2n) is 7.09.